The number of rotatable bonds is 27. The first-order valence-electron chi connectivity index (χ1n) is 31.5. The van der Waals surface area contributed by atoms with Crippen LogP contribution in [0.3, 0.4) is 0 Å². The van der Waals surface area contributed by atoms with E-state index < -0.39 is 132 Å². The first-order chi connectivity index (χ1) is 45.3. The third kappa shape index (κ3) is 16.0. The van der Waals surface area contributed by atoms with Crippen molar-refractivity contribution >= 4 is 70.8 Å². The maximum atomic E-state index is 14.3. The second kappa shape index (κ2) is 30.6. The largest absolute Gasteiger partial charge is 0.507 e. The number of unbranched alkanes of at least 4 members (excludes halogenated alkanes) is 2. The van der Waals surface area contributed by atoms with Crippen LogP contribution in [-0.4, -0.2) is 222 Å². The van der Waals surface area contributed by atoms with Gasteiger partial charge in [0.2, 0.25) is 29.3 Å². The van der Waals surface area contributed by atoms with E-state index in [1.165, 1.54) is 56.5 Å². The molecule has 3 aromatic carbocycles. The van der Waals surface area contributed by atoms with E-state index in [2.05, 4.69) is 26.2 Å². The lowest BCUT2D eigenvalue weighted by Gasteiger charge is -2.43. The molecule has 2 aliphatic carbocycles. The van der Waals surface area contributed by atoms with E-state index in [9.17, 15) is 68.1 Å². The highest BCUT2D eigenvalue weighted by Gasteiger charge is 2.54. The zero-order chi connectivity index (χ0) is 68.6. The summed E-state index contributed by atoms with van der Waals surface area (Å²) in [7, 11) is 4.08. The van der Waals surface area contributed by atoms with Gasteiger partial charge in [-0.25, -0.2) is 14.4 Å². The van der Waals surface area contributed by atoms with Crippen molar-refractivity contribution in [2.75, 3.05) is 79.1 Å². The molecule has 0 radical (unpaired) electrons. The summed E-state index contributed by atoms with van der Waals surface area (Å²) >= 11 is 0. The third-order valence-electron chi connectivity index (χ3n) is 17.8. The van der Waals surface area contributed by atoms with Crippen LogP contribution in [0.1, 0.15) is 127 Å². The number of hydrogen-bond acceptors (Lipinski definition) is 22. The number of fused-ring (bicyclic) bond motifs is 6. The summed E-state index contributed by atoms with van der Waals surface area (Å²) in [5, 5.41) is 47.3. The number of ketones is 3. The molecule has 4 heterocycles. The number of ether oxygens (including phenoxy) is 7. The van der Waals surface area contributed by atoms with Crippen molar-refractivity contribution in [3.8, 4) is 17.2 Å². The van der Waals surface area contributed by atoms with Crippen molar-refractivity contribution < 1.29 is 101 Å². The average Bonchev–Trinajstić information content (AvgIpc) is 1.33. The lowest BCUT2D eigenvalue weighted by molar-refractivity contribution is -0.247. The molecule has 9 rings (SSSR count). The molecule has 9 amide bonds. The molecule has 0 bridgehead atoms. The minimum atomic E-state index is -2.47. The number of imide groups is 1. The molecule has 4 aliphatic heterocycles. The number of morpholine rings is 1. The highest BCUT2D eigenvalue weighted by molar-refractivity contribution is 6.31. The predicted octanol–water partition coefficient (Wildman–Crippen LogP) is 2.58. The number of carbonyl (C=O) groups excluding carboxylic acids is 11. The lowest BCUT2D eigenvalue weighted by Crippen LogP contribution is -2.54. The van der Waals surface area contributed by atoms with Crippen LogP contribution < -0.4 is 31.7 Å². The molecule has 6 aliphatic rings. The molecule has 9 atom stereocenters. The Bertz CT molecular complexity index is 3490. The number of carbonyl (C=O) groups is 11. The molecule has 0 unspecified atom stereocenters. The number of hydrogen-bond donors (Lipinski definition) is 8. The summed E-state index contributed by atoms with van der Waals surface area (Å²) < 4.78 is 41.1. The Labute approximate surface area is 547 Å². The van der Waals surface area contributed by atoms with E-state index >= 15 is 0 Å². The van der Waals surface area contributed by atoms with Gasteiger partial charge >= 0.3 is 18.2 Å². The van der Waals surface area contributed by atoms with E-state index in [4.69, 9.17) is 38.9 Å². The van der Waals surface area contributed by atoms with Gasteiger partial charge in [-0.3, -0.25) is 48.2 Å². The van der Waals surface area contributed by atoms with Gasteiger partial charge in [0.25, 0.3) is 11.8 Å². The highest BCUT2D eigenvalue weighted by atomic mass is 16.7. The van der Waals surface area contributed by atoms with Crippen LogP contribution in [-0.2, 0) is 70.2 Å². The number of phenols is 2. The van der Waals surface area contributed by atoms with Gasteiger partial charge in [0.15, 0.2) is 18.7 Å². The van der Waals surface area contributed by atoms with Crippen LogP contribution in [0.25, 0.3) is 0 Å². The van der Waals surface area contributed by atoms with E-state index in [0.717, 1.165) is 9.80 Å². The summed E-state index contributed by atoms with van der Waals surface area (Å²) in [6.45, 7) is 5.58. The fourth-order valence-corrected chi connectivity index (χ4v) is 12.6. The van der Waals surface area contributed by atoms with Gasteiger partial charge < -0.3 is 85.3 Å². The predicted molar refractivity (Wildman–Crippen MR) is 332 cm³/mol. The van der Waals surface area contributed by atoms with Crippen molar-refractivity contribution in [1.82, 2.24) is 35.6 Å². The topological polar surface area (TPSA) is 400 Å². The monoisotopic (exact) mass is 1320 g/mol. The molecule has 0 aromatic heterocycles. The minimum Gasteiger partial charge on any atom is -0.507 e. The van der Waals surface area contributed by atoms with Gasteiger partial charge in [0, 0.05) is 113 Å². The van der Waals surface area contributed by atoms with E-state index in [1.807, 2.05) is 0 Å². The molecule has 0 spiro atoms. The molecule has 512 valence electrons. The van der Waals surface area contributed by atoms with Crippen LogP contribution in [0.15, 0.2) is 54.6 Å². The molecule has 3 aromatic rings. The zero-order valence-electron chi connectivity index (χ0n) is 53.7. The number of benzene rings is 3. The lowest BCUT2D eigenvalue weighted by atomic mass is 9.72. The molecular weight excluding hydrogens is 1240 g/mol. The van der Waals surface area contributed by atoms with Crippen LogP contribution in [0, 0.1) is 5.92 Å². The van der Waals surface area contributed by atoms with E-state index in [-0.39, 0.29) is 123 Å². The van der Waals surface area contributed by atoms with Gasteiger partial charge in [-0.15, -0.1) is 0 Å². The van der Waals surface area contributed by atoms with Crippen molar-refractivity contribution in [2.24, 2.45) is 11.7 Å². The van der Waals surface area contributed by atoms with Gasteiger partial charge in [-0.1, -0.05) is 44.5 Å². The van der Waals surface area contributed by atoms with Crippen molar-refractivity contribution in [3.63, 3.8) is 0 Å². The summed E-state index contributed by atoms with van der Waals surface area (Å²) in [5.41, 5.74) is 1.87. The Balaban J connectivity index is 0.767. The molecule has 95 heavy (non-hydrogen) atoms. The van der Waals surface area contributed by atoms with Crippen molar-refractivity contribution in [1.29, 1.82) is 0 Å². The molecule has 9 N–H and O–H groups in total. The maximum absolute atomic E-state index is 14.3. The Morgan fingerprint density at radius 3 is 2.21 bits per heavy atom. The Kier molecular flexibility index (Phi) is 22.6. The Hall–Kier alpha value is -9.07. The number of amides is 9. The van der Waals surface area contributed by atoms with Gasteiger partial charge in [0.1, 0.15) is 53.9 Å². The second-order valence-electron chi connectivity index (χ2n) is 24.7. The fourth-order valence-electron chi connectivity index (χ4n) is 12.6. The summed E-state index contributed by atoms with van der Waals surface area (Å²) in [6.07, 6.45) is -2.27. The standard InChI is InChI=1S/C65H81N9O21/c1-34(2)54(70-45(76)15-8-7-9-23-74-46(77)20-21-47(74)78)61(84)69-40(13-11-22-67-62(66)85)60(83)68-37-18-16-36(17-19-37)31-91-63(86)71(4)24-25-72(5)64(87)92-32-44(75)65(88)29-39-51(43(30-65)94-49-28-41-59(35(3)93-49)95-48-33-90-27-26-73(41)48)58(82)53-52(56(39)80)55(79)38-12-10-14-42(89-6)50(38)57(53)81/h10,12,14,16-21,34-35,40-41,43,48-49,54,59,80,82,88H,7-9,11,13,15,22-33H2,1-6H3,(H,68,83)(H,69,84)(H,70,76)(H3,66,67,85)/t35-,40+,41-,43-,48+,49-,54+,59+,65-/m0/s1. The second-order valence-corrected chi connectivity index (χ2v) is 24.7. The van der Waals surface area contributed by atoms with Crippen molar-refractivity contribution in [3.05, 3.63) is 93.6 Å². The zero-order valence-corrected chi connectivity index (χ0v) is 53.7. The summed E-state index contributed by atoms with van der Waals surface area (Å²) in [6, 6.07) is 7.49. The van der Waals surface area contributed by atoms with Crippen molar-refractivity contribution in [2.45, 2.75) is 140 Å². The van der Waals surface area contributed by atoms with Gasteiger partial charge in [-0.2, -0.15) is 0 Å². The molecule has 30 heteroatoms. The molecule has 3 saturated heterocycles. The number of anilines is 1. The van der Waals surface area contributed by atoms with Crippen LogP contribution >= 0.6 is 0 Å². The quantitative estimate of drug-likeness (QED) is 0.0242. The van der Waals surface area contributed by atoms with Crippen LogP contribution in [0.2, 0.25) is 0 Å². The molecule has 3 fully saturated rings. The number of likely N-dealkylation sites (N-methyl/N-ethyl adjacent to an activating group) is 2. The number of nitrogens with two attached hydrogens (primary N) is 1. The fraction of sp³-hybridized carbons (Fsp3) is 0.523. The molecular formula is C65H81N9O21. The molecule has 0 saturated carbocycles. The van der Waals surface area contributed by atoms with Crippen LogP contribution in [0.4, 0.5) is 20.1 Å². The number of methoxy groups -OCH3 is 1. The SMILES string of the molecule is COc1cccc2c1C(=O)c1c(O)c3c(c(O)c1C2=O)C[C@@](O)(C(=O)COC(=O)N(C)CCN(C)C(=O)OCc1ccc(NC(=O)[C@@H](CCCNC(N)=O)NC(=O)[C@H](NC(=O)CCCCCN2C(=O)C=CC2=O)C(C)C)cc1)C[C@@H]3O[C@H]1C[C@H]2[C@H](O[C@@H]3COCCN32)[C@H](C)O1. The molecule has 30 nitrogen and oxygen atoms in total. The van der Waals surface area contributed by atoms with E-state index in [1.54, 1.807) is 45.0 Å². The highest BCUT2D eigenvalue weighted by Crippen LogP contribution is 2.53. The number of primary amides is 1. The Morgan fingerprint density at radius 2 is 1.53 bits per heavy atom. The van der Waals surface area contributed by atoms with E-state index in [0.29, 0.717) is 50.3 Å². The Morgan fingerprint density at radius 1 is 0.832 bits per heavy atom. The van der Waals surface area contributed by atoms with Crippen LogP contribution in [0.5, 0.6) is 17.2 Å². The third-order valence-corrected chi connectivity index (χ3v) is 17.8. The number of aliphatic hydroxyl groups is 1. The maximum Gasteiger partial charge on any atom is 0.409 e. The average molecular weight is 1320 g/mol. The first kappa shape index (κ1) is 70.3. The number of Topliss-reactive ketones (excluding diaryl/α,β-unsaturated/α-hetero) is 1. The minimum absolute atomic E-state index is 0.0526. The summed E-state index contributed by atoms with van der Waals surface area (Å²) in [4.78, 5) is 150. The van der Waals surface area contributed by atoms with Gasteiger partial charge in [0.05, 0.1) is 49.2 Å². The summed E-state index contributed by atoms with van der Waals surface area (Å²) in [5.74, 6) is -6.88. The first-order valence-corrected chi connectivity index (χ1v) is 31.5. The smallest absolute Gasteiger partial charge is 0.409 e. The normalized spacial score (nSPS) is 22.5. The number of nitrogens with zero attached hydrogens (tertiary/aromatic N) is 4. The number of aromatic hydroxyl groups is 2. The van der Waals surface area contributed by atoms with Gasteiger partial charge in [-0.05, 0) is 62.3 Å². The number of phenolic OH excluding ortho intramolecular Hbond substituents is 2. The number of urea groups is 1. The number of nitrogens with one attached hydrogen (secondary N) is 4.